The summed E-state index contributed by atoms with van der Waals surface area (Å²) in [4.78, 5) is 15.9. The Bertz CT molecular complexity index is 713. The average Bonchev–Trinajstić information content (AvgIpc) is 2.83. The molecule has 1 N–H and O–H groups in total. The Hall–Kier alpha value is -2.13. The molecule has 5 nitrogen and oxygen atoms in total. The van der Waals surface area contributed by atoms with Crippen LogP contribution in [0.1, 0.15) is 19.1 Å². The zero-order chi connectivity index (χ0) is 14.5. The lowest BCUT2D eigenvalue weighted by Crippen LogP contribution is -2.25. The third-order valence-electron chi connectivity index (χ3n) is 2.54. The van der Waals surface area contributed by atoms with E-state index in [0.29, 0.717) is 23.4 Å². The molecule has 0 aliphatic carbocycles. The number of carbonyl (C=O) groups is 1. The molecule has 0 radical (unpaired) electrons. The molecule has 0 aliphatic rings. The molecule has 2 rings (SSSR count). The van der Waals surface area contributed by atoms with E-state index in [9.17, 15) is 4.79 Å². The number of carbonyl (C=O) groups excluding carboxylic acids is 1. The Labute approximate surface area is 124 Å². The third kappa shape index (κ3) is 3.25. The zero-order valence-electron chi connectivity index (χ0n) is 10.8. The van der Waals surface area contributed by atoms with E-state index in [1.807, 2.05) is 13.0 Å². The molecule has 0 atom stereocenters. The summed E-state index contributed by atoms with van der Waals surface area (Å²) >= 11 is 3.30. The smallest absolute Gasteiger partial charge is 0.262 e. The minimum atomic E-state index is -0.399. The number of fused-ring (bicyclic) bond motifs is 1. The summed E-state index contributed by atoms with van der Waals surface area (Å²) in [5.74, 6) is 0.0257. The number of furan rings is 1. The van der Waals surface area contributed by atoms with Crippen LogP contribution in [0, 0.1) is 11.3 Å². The lowest BCUT2D eigenvalue weighted by molar-refractivity contribution is -0.117. The van der Waals surface area contributed by atoms with Crippen molar-refractivity contribution < 1.29 is 9.21 Å². The van der Waals surface area contributed by atoms with Gasteiger partial charge in [0.25, 0.3) is 5.91 Å². The summed E-state index contributed by atoms with van der Waals surface area (Å²) in [7, 11) is 0. The highest BCUT2D eigenvalue weighted by atomic mass is 79.9. The molecule has 1 amide bonds. The van der Waals surface area contributed by atoms with Crippen molar-refractivity contribution in [3.63, 3.8) is 0 Å². The summed E-state index contributed by atoms with van der Waals surface area (Å²) in [5.41, 5.74) is 1.28. The van der Waals surface area contributed by atoms with Crippen LogP contribution in [0.5, 0.6) is 0 Å². The van der Waals surface area contributed by atoms with Gasteiger partial charge in [-0.1, -0.05) is 6.92 Å². The number of rotatable bonds is 4. The largest absolute Gasteiger partial charge is 0.455 e. The first-order valence-corrected chi connectivity index (χ1v) is 6.88. The van der Waals surface area contributed by atoms with Crippen LogP contribution in [0.2, 0.25) is 0 Å². The van der Waals surface area contributed by atoms with Crippen molar-refractivity contribution >= 4 is 39.0 Å². The van der Waals surface area contributed by atoms with Crippen molar-refractivity contribution in [1.29, 1.82) is 5.26 Å². The van der Waals surface area contributed by atoms with Crippen molar-refractivity contribution in [1.82, 2.24) is 10.3 Å². The number of amides is 1. The predicted molar refractivity (Wildman–Crippen MR) is 78.6 cm³/mol. The Morgan fingerprint density at radius 3 is 3.10 bits per heavy atom. The van der Waals surface area contributed by atoms with Gasteiger partial charge in [0, 0.05) is 29.4 Å². The van der Waals surface area contributed by atoms with E-state index in [4.69, 9.17) is 9.68 Å². The van der Waals surface area contributed by atoms with Crippen LogP contribution in [0.4, 0.5) is 0 Å². The minimum Gasteiger partial charge on any atom is -0.455 e. The van der Waals surface area contributed by atoms with Gasteiger partial charge in [0.1, 0.15) is 22.9 Å². The number of nitrogens with zero attached hydrogens (tertiary/aromatic N) is 2. The highest BCUT2D eigenvalue weighted by Gasteiger charge is 2.10. The molecule has 2 heterocycles. The summed E-state index contributed by atoms with van der Waals surface area (Å²) in [5, 5.41) is 11.7. The second-order valence-electron chi connectivity index (χ2n) is 4.11. The minimum absolute atomic E-state index is 0.0107. The summed E-state index contributed by atoms with van der Waals surface area (Å²) in [6, 6.07) is 5.34. The molecule has 2 aromatic heterocycles. The van der Waals surface area contributed by atoms with Crippen LogP contribution >= 0.6 is 15.9 Å². The van der Waals surface area contributed by atoms with Crippen LogP contribution in [0.25, 0.3) is 17.2 Å². The molecule has 2 aromatic rings. The fraction of sp³-hybridized carbons (Fsp3) is 0.214. The first-order chi connectivity index (χ1) is 9.63. The van der Waals surface area contributed by atoms with E-state index in [0.717, 1.165) is 10.9 Å². The van der Waals surface area contributed by atoms with Crippen LogP contribution in [0.15, 0.2) is 32.8 Å². The standard InChI is InChI=1S/C14H12BrN3O2/c1-2-3-17-14(19)9(7-16)4-11-6-12-13(20-11)5-10(15)8-18-12/h4-6,8H,2-3H2,1H3,(H,17,19)/b9-4+. The average molecular weight is 334 g/mol. The number of nitrogens with one attached hydrogen (secondary N) is 1. The Balaban J connectivity index is 2.30. The number of hydrogen-bond donors (Lipinski definition) is 1. The molecular weight excluding hydrogens is 322 g/mol. The first kappa shape index (κ1) is 14.3. The number of nitriles is 1. The van der Waals surface area contributed by atoms with E-state index in [1.165, 1.54) is 6.08 Å². The second kappa shape index (κ2) is 6.35. The third-order valence-corrected chi connectivity index (χ3v) is 2.98. The fourth-order valence-corrected chi connectivity index (χ4v) is 1.92. The molecule has 0 aromatic carbocycles. The molecule has 0 saturated carbocycles. The molecule has 0 fully saturated rings. The molecule has 6 heteroatoms. The second-order valence-corrected chi connectivity index (χ2v) is 5.03. The van der Waals surface area contributed by atoms with Gasteiger partial charge in [-0.25, -0.2) is 0 Å². The topological polar surface area (TPSA) is 78.9 Å². The van der Waals surface area contributed by atoms with Crippen LogP contribution in [0.3, 0.4) is 0 Å². The highest BCUT2D eigenvalue weighted by Crippen LogP contribution is 2.22. The van der Waals surface area contributed by atoms with Crippen LogP contribution < -0.4 is 5.32 Å². The lowest BCUT2D eigenvalue weighted by Gasteiger charge is -2.00. The van der Waals surface area contributed by atoms with Crippen molar-refractivity contribution in [3.05, 3.63) is 34.1 Å². The zero-order valence-corrected chi connectivity index (χ0v) is 12.4. The van der Waals surface area contributed by atoms with Crippen LogP contribution in [-0.4, -0.2) is 17.4 Å². The summed E-state index contributed by atoms with van der Waals surface area (Å²) in [6.07, 6.45) is 3.89. The molecule has 102 valence electrons. The van der Waals surface area contributed by atoms with E-state index in [-0.39, 0.29) is 5.57 Å². The van der Waals surface area contributed by atoms with Gasteiger partial charge in [0.05, 0.1) is 0 Å². The van der Waals surface area contributed by atoms with Gasteiger partial charge in [-0.15, -0.1) is 0 Å². The maximum atomic E-state index is 11.7. The summed E-state index contributed by atoms with van der Waals surface area (Å²) < 4.78 is 6.34. The van der Waals surface area contributed by atoms with Gasteiger partial charge in [-0.3, -0.25) is 9.78 Å². The lowest BCUT2D eigenvalue weighted by atomic mass is 10.2. The molecular formula is C14H12BrN3O2. The molecule has 0 bridgehead atoms. The van der Waals surface area contributed by atoms with E-state index < -0.39 is 5.91 Å². The van der Waals surface area contributed by atoms with E-state index >= 15 is 0 Å². The molecule has 0 spiro atoms. The quantitative estimate of drug-likeness (QED) is 0.688. The fourth-order valence-electron chi connectivity index (χ4n) is 1.61. The molecule has 0 unspecified atom stereocenters. The van der Waals surface area contributed by atoms with Gasteiger partial charge in [-0.05, 0) is 28.4 Å². The normalized spacial score (nSPS) is 11.3. The van der Waals surface area contributed by atoms with Crippen molar-refractivity contribution in [3.8, 4) is 6.07 Å². The Morgan fingerprint density at radius 1 is 1.60 bits per heavy atom. The van der Waals surface area contributed by atoms with Gasteiger partial charge in [-0.2, -0.15) is 5.26 Å². The molecule has 20 heavy (non-hydrogen) atoms. The van der Waals surface area contributed by atoms with Gasteiger partial charge >= 0.3 is 0 Å². The molecule has 0 saturated heterocycles. The van der Waals surface area contributed by atoms with Crippen LogP contribution in [-0.2, 0) is 4.79 Å². The number of hydrogen-bond acceptors (Lipinski definition) is 4. The van der Waals surface area contributed by atoms with Gasteiger partial charge in [0.2, 0.25) is 0 Å². The van der Waals surface area contributed by atoms with Crippen molar-refractivity contribution in [2.24, 2.45) is 0 Å². The monoisotopic (exact) mass is 333 g/mol. The van der Waals surface area contributed by atoms with Gasteiger partial charge in [0.15, 0.2) is 5.58 Å². The molecule has 0 aliphatic heterocycles. The first-order valence-electron chi connectivity index (χ1n) is 6.09. The van der Waals surface area contributed by atoms with Crippen molar-refractivity contribution in [2.75, 3.05) is 6.54 Å². The highest BCUT2D eigenvalue weighted by molar-refractivity contribution is 9.10. The van der Waals surface area contributed by atoms with E-state index in [2.05, 4.69) is 26.2 Å². The SMILES string of the molecule is CCCNC(=O)/C(C#N)=C/c1cc2ncc(Br)cc2o1. The number of halogens is 1. The van der Waals surface area contributed by atoms with E-state index in [1.54, 1.807) is 18.3 Å². The Kier molecular flexibility index (Phi) is 4.53. The number of pyridine rings is 1. The Morgan fingerprint density at radius 2 is 2.40 bits per heavy atom. The maximum absolute atomic E-state index is 11.7. The number of aromatic nitrogens is 1. The maximum Gasteiger partial charge on any atom is 0.262 e. The summed E-state index contributed by atoms with van der Waals surface area (Å²) in [6.45, 7) is 2.48. The predicted octanol–water partition coefficient (Wildman–Crippen LogP) is 3.02. The van der Waals surface area contributed by atoms with Gasteiger partial charge < -0.3 is 9.73 Å². The van der Waals surface area contributed by atoms with Crippen molar-refractivity contribution in [2.45, 2.75) is 13.3 Å².